The number of carbonyl (C=O) groups is 2. The molecule has 200 valence electrons. The van der Waals surface area contributed by atoms with E-state index in [1.165, 1.54) is 0 Å². The first-order chi connectivity index (χ1) is 18.5. The third kappa shape index (κ3) is 6.50. The average Bonchev–Trinajstić information content (AvgIpc) is 2.97. The Morgan fingerprint density at radius 1 is 0.564 bits per heavy atom. The van der Waals surface area contributed by atoms with Crippen molar-refractivity contribution in [2.75, 3.05) is 0 Å². The summed E-state index contributed by atoms with van der Waals surface area (Å²) >= 11 is 26.4. The van der Waals surface area contributed by atoms with E-state index in [1.807, 2.05) is 60.7 Å². The highest BCUT2D eigenvalue weighted by Gasteiger charge is 2.39. The Hall–Kier alpha value is -2.82. The smallest absolute Gasteiger partial charge is 0.182 e. The molecular weight excluding hydrogens is 574 g/mol. The fraction of sp³-hybridized carbons (Fsp3) is 0.188. The van der Waals surface area contributed by atoms with Gasteiger partial charge in [0.2, 0.25) is 0 Å². The number of ketones is 2. The highest BCUT2D eigenvalue weighted by molar-refractivity contribution is 6.42. The summed E-state index contributed by atoms with van der Waals surface area (Å²) in [6, 6.07) is 31.8. The summed E-state index contributed by atoms with van der Waals surface area (Å²) in [6.45, 7) is 3.46. The second-order valence-corrected chi connectivity index (χ2v) is 11.9. The van der Waals surface area contributed by atoms with Crippen molar-refractivity contribution in [1.29, 1.82) is 0 Å². The maximum Gasteiger partial charge on any atom is 0.182 e. The molecule has 0 spiro atoms. The van der Waals surface area contributed by atoms with Crippen molar-refractivity contribution in [3.63, 3.8) is 0 Å². The normalized spacial score (nSPS) is 15.8. The Bertz CT molecular complexity index is 1310. The van der Waals surface area contributed by atoms with Gasteiger partial charge in [0.1, 0.15) is 22.3 Å². The molecule has 0 bridgehead atoms. The molecule has 0 radical (unpaired) electrons. The number of carbonyl (C=O) groups excluding carboxylic acids is 2. The van der Waals surface area contributed by atoms with Crippen LogP contribution in [-0.4, -0.2) is 22.3 Å². The Kier molecular flexibility index (Phi) is 9.08. The SMILES string of the molecule is CC(Cl)(c1ccccc1)C(Cl)C(=O)c1ccc(Oc2ccc(C(=O)C(Cl)C(C)(Cl)c3ccccc3)cc2)cc1. The van der Waals surface area contributed by atoms with E-state index in [0.29, 0.717) is 22.6 Å². The Balaban J connectivity index is 1.41. The summed E-state index contributed by atoms with van der Waals surface area (Å²) in [6.07, 6.45) is 0. The highest BCUT2D eigenvalue weighted by Crippen LogP contribution is 2.38. The molecule has 4 unspecified atom stereocenters. The van der Waals surface area contributed by atoms with Gasteiger partial charge in [-0.1, -0.05) is 60.7 Å². The van der Waals surface area contributed by atoms with E-state index in [9.17, 15) is 9.59 Å². The van der Waals surface area contributed by atoms with E-state index < -0.39 is 20.5 Å². The van der Waals surface area contributed by atoms with E-state index in [1.54, 1.807) is 62.4 Å². The number of ether oxygens (including phenoxy) is 1. The van der Waals surface area contributed by atoms with E-state index >= 15 is 0 Å². The number of rotatable bonds is 10. The predicted molar refractivity (Wildman–Crippen MR) is 160 cm³/mol. The number of alkyl halides is 4. The van der Waals surface area contributed by atoms with Gasteiger partial charge in [-0.2, -0.15) is 0 Å². The minimum Gasteiger partial charge on any atom is -0.457 e. The lowest BCUT2D eigenvalue weighted by atomic mass is 9.91. The molecule has 7 heteroatoms. The Labute approximate surface area is 248 Å². The zero-order valence-corrected chi connectivity index (χ0v) is 24.3. The maximum atomic E-state index is 13.0. The van der Waals surface area contributed by atoms with Gasteiger partial charge >= 0.3 is 0 Å². The summed E-state index contributed by atoms with van der Waals surface area (Å²) in [7, 11) is 0. The van der Waals surface area contributed by atoms with Gasteiger partial charge < -0.3 is 4.74 Å². The zero-order chi connectivity index (χ0) is 28.2. The summed E-state index contributed by atoms with van der Waals surface area (Å²) in [5.41, 5.74) is 2.36. The van der Waals surface area contributed by atoms with Crippen LogP contribution in [0, 0.1) is 0 Å². The van der Waals surface area contributed by atoms with Gasteiger partial charge in [-0.25, -0.2) is 0 Å². The second kappa shape index (κ2) is 12.1. The van der Waals surface area contributed by atoms with Crippen LogP contribution >= 0.6 is 46.4 Å². The first-order valence-corrected chi connectivity index (χ1v) is 13.9. The van der Waals surface area contributed by atoms with Gasteiger partial charge in [0.25, 0.3) is 0 Å². The fourth-order valence-electron chi connectivity index (χ4n) is 4.12. The van der Waals surface area contributed by atoms with Gasteiger partial charge in [0.05, 0.1) is 9.75 Å². The molecule has 0 heterocycles. The van der Waals surface area contributed by atoms with E-state index in [2.05, 4.69) is 0 Å². The molecule has 0 N–H and O–H groups in total. The van der Waals surface area contributed by atoms with Gasteiger partial charge in [-0.3, -0.25) is 9.59 Å². The van der Waals surface area contributed by atoms with Crippen LogP contribution in [0.1, 0.15) is 45.7 Å². The summed E-state index contributed by atoms with van der Waals surface area (Å²) in [5.74, 6) is 0.455. The number of Topliss-reactive ketones (excluding diaryl/α,β-unsaturated/α-hetero) is 2. The molecule has 4 aromatic rings. The van der Waals surface area contributed by atoms with Gasteiger partial charge in [-0.05, 0) is 73.5 Å². The lowest BCUT2D eigenvalue weighted by Crippen LogP contribution is -2.33. The number of hydrogen-bond donors (Lipinski definition) is 0. The molecule has 0 amide bonds. The van der Waals surface area contributed by atoms with Crippen LogP contribution in [0.3, 0.4) is 0 Å². The maximum absolute atomic E-state index is 13.0. The molecule has 0 fully saturated rings. The van der Waals surface area contributed by atoms with Crippen LogP contribution < -0.4 is 4.74 Å². The molecule has 0 aromatic heterocycles. The molecule has 4 atom stereocenters. The summed E-state index contributed by atoms with van der Waals surface area (Å²) in [5, 5.41) is -1.94. The zero-order valence-electron chi connectivity index (χ0n) is 21.3. The van der Waals surface area contributed by atoms with Crippen LogP contribution in [0.2, 0.25) is 0 Å². The molecule has 39 heavy (non-hydrogen) atoms. The third-order valence-electron chi connectivity index (χ3n) is 6.60. The minimum absolute atomic E-state index is 0.287. The largest absolute Gasteiger partial charge is 0.457 e. The Morgan fingerprint density at radius 2 is 0.872 bits per heavy atom. The lowest BCUT2D eigenvalue weighted by Gasteiger charge is -2.27. The molecule has 4 aromatic carbocycles. The van der Waals surface area contributed by atoms with Crippen molar-refractivity contribution in [2.24, 2.45) is 0 Å². The molecule has 3 nitrogen and oxygen atoms in total. The van der Waals surface area contributed by atoms with E-state index in [4.69, 9.17) is 51.1 Å². The quantitative estimate of drug-likeness (QED) is 0.135. The summed E-state index contributed by atoms with van der Waals surface area (Å²) in [4.78, 5) is 23.9. The topological polar surface area (TPSA) is 43.4 Å². The first kappa shape index (κ1) is 29.2. The number of halogens is 4. The molecule has 0 aliphatic carbocycles. The lowest BCUT2D eigenvalue weighted by molar-refractivity contribution is 0.0966. The van der Waals surface area contributed by atoms with Crippen molar-refractivity contribution in [3.8, 4) is 11.5 Å². The van der Waals surface area contributed by atoms with Crippen LogP contribution in [-0.2, 0) is 9.75 Å². The molecule has 0 saturated carbocycles. The van der Waals surface area contributed by atoms with E-state index in [0.717, 1.165) is 11.1 Å². The van der Waals surface area contributed by atoms with Crippen LogP contribution in [0.5, 0.6) is 11.5 Å². The van der Waals surface area contributed by atoms with Crippen molar-refractivity contribution in [3.05, 3.63) is 131 Å². The second-order valence-electron chi connectivity index (χ2n) is 9.49. The van der Waals surface area contributed by atoms with Crippen molar-refractivity contribution >= 4 is 58.0 Å². The molecule has 0 aliphatic heterocycles. The predicted octanol–water partition coefficient (Wildman–Crippen LogP) is 9.37. The standard InChI is InChI=1S/C32H26Cl4O3/c1-31(35,23-9-5-3-6-10-23)29(33)27(37)21-13-17-25(18-14-21)39-26-19-15-22(16-20-26)28(38)30(34)32(2,36)24-11-7-4-8-12-24/h3-20,29-30H,1-2H3. The van der Waals surface area contributed by atoms with Crippen molar-refractivity contribution in [2.45, 2.75) is 34.3 Å². The average molecular weight is 600 g/mol. The van der Waals surface area contributed by atoms with Gasteiger partial charge in [0.15, 0.2) is 11.6 Å². The van der Waals surface area contributed by atoms with Crippen LogP contribution in [0.25, 0.3) is 0 Å². The summed E-state index contributed by atoms with van der Waals surface area (Å²) < 4.78 is 5.90. The van der Waals surface area contributed by atoms with Gasteiger partial charge in [-0.15, -0.1) is 46.4 Å². The molecule has 4 rings (SSSR count). The molecular formula is C32H26Cl4O3. The highest BCUT2D eigenvalue weighted by atomic mass is 35.5. The molecule has 0 aliphatic rings. The van der Waals surface area contributed by atoms with Gasteiger partial charge in [0, 0.05) is 11.1 Å². The van der Waals surface area contributed by atoms with Crippen molar-refractivity contribution < 1.29 is 14.3 Å². The first-order valence-electron chi connectivity index (χ1n) is 12.2. The third-order valence-corrected chi connectivity index (χ3v) is 8.97. The van der Waals surface area contributed by atoms with Crippen LogP contribution in [0.4, 0.5) is 0 Å². The Morgan fingerprint density at radius 3 is 1.18 bits per heavy atom. The number of benzene rings is 4. The van der Waals surface area contributed by atoms with E-state index in [-0.39, 0.29) is 11.6 Å². The minimum atomic E-state index is -1.07. The number of hydrogen-bond acceptors (Lipinski definition) is 3. The van der Waals surface area contributed by atoms with Crippen LogP contribution in [0.15, 0.2) is 109 Å². The van der Waals surface area contributed by atoms with Crippen molar-refractivity contribution in [1.82, 2.24) is 0 Å². The fourth-order valence-corrected chi connectivity index (χ4v) is 5.07. The molecule has 0 saturated heterocycles. The monoisotopic (exact) mass is 598 g/mol.